The maximum atomic E-state index is 12.9. The highest BCUT2D eigenvalue weighted by Crippen LogP contribution is 2.10. The second-order valence-corrected chi connectivity index (χ2v) is 11.8. The van der Waals surface area contributed by atoms with Crippen LogP contribution < -0.4 is 21.3 Å². The van der Waals surface area contributed by atoms with Crippen LogP contribution in [0.3, 0.4) is 0 Å². The van der Waals surface area contributed by atoms with Gasteiger partial charge in [0.15, 0.2) is 0 Å². The fourth-order valence-electron chi connectivity index (χ4n) is 3.74. The minimum Gasteiger partial charge on any atom is -0.444 e. The van der Waals surface area contributed by atoms with E-state index in [9.17, 15) is 19.2 Å². The number of carbonyl (C=O) groups is 4. The van der Waals surface area contributed by atoms with Gasteiger partial charge in [0.25, 0.3) is 0 Å². The van der Waals surface area contributed by atoms with Crippen molar-refractivity contribution in [1.29, 1.82) is 0 Å². The monoisotopic (exact) mass is 580 g/mol. The smallest absolute Gasteiger partial charge is 0.408 e. The van der Waals surface area contributed by atoms with Crippen LogP contribution in [0.15, 0.2) is 72.9 Å². The summed E-state index contributed by atoms with van der Waals surface area (Å²) in [5, 5.41) is 10.8. The molecule has 42 heavy (non-hydrogen) atoms. The van der Waals surface area contributed by atoms with Gasteiger partial charge < -0.3 is 30.7 Å². The third kappa shape index (κ3) is 14.3. The summed E-state index contributed by atoms with van der Waals surface area (Å²) in [6.07, 6.45) is 2.80. The van der Waals surface area contributed by atoms with Crippen molar-refractivity contribution in [2.24, 2.45) is 0 Å². The van der Waals surface area contributed by atoms with Crippen molar-refractivity contribution in [2.45, 2.75) is 84.1 Å². The van der Waals surface area contributed by atoms with Crippen molar-refractivity contribution in [3.8, 4) is 0 Å². The second-order valence-electron chi connectivity index (χ2n) is 11.8. The molecule has 0 saturated heterocycles. The van der Waals surface area contributed by atoms with Crippen LogP contribution in [0.1, 0.15) is 59.1 Å². The van der Waals surface area contributed by atoms with Crippen molar-refractivity contribution in [2.75, 3.05) is 6.54 Å². The van der Waals surface area contributed by atoms with E-state index in [2.05, 4.69) is 21.3 Å². The van der Waals surface area contributed by atoms with Gasteiger partial charge in [-0.2, -0.15) is 0 Å². The Bertz CT molecular complexity index is 1190. The third-order valence-electron chi connectivity index (χ3n) is 5.53. The molecule has 0 fully saturated rings. The van der Waals surface area contributed by atoms with Crippen molar-refractivity contribution >= 4 is 24.0 Å². The first kappa shape index (κ1) is 33.9. The lowest BCUT2D eigenvalue weighted by Gasteiger charge is -2.23. The molecule has 4 N–H and O–H groups in total. The fourth-order valence-corrected chi connectivity index (χ4v) is 3.74. The largest absolute Gasteiger partial charge is 0.444 e. The maximum absolute atomic E-state index is 12.9. The van der Waals surface area contributed by atoms with Gasteiger partial charge in [-0.3, -0.25) is 9.59 Å². The van der Waals surface area contributed by atoms with Gasteiger partial charge in [-0.05, 0) is 65.3 Å². The molecule has 2 rings (SSSR count). The average molecular weight is 581 g/mol. The lowest BCUT2D eigenvalue weighted by molar-refractivity contribution is -0.123. The van der Waals surface area contributed by atoms with Gasteiger partial charge in [-0.1, -0.05) is 66.7 Å². The van der Waals surface area contributed by atoms with E-state index in [0.717, 1.165) is 11.1 Å². The third-order valence-corrected chi connectivity index (χ3v) is 5.53. The van der Waals surface area contributed by atoms with Crippen LogP contribution in [0, 0.1) is 0 Å². The molecular weight excluding hydrogens is 536 g/mol. The Balaban J connectivity index is 1.92. The van der Waals surface area contributed by atoms with Gasteiger partial charge in [-0.15, -0.1) is 0 Å². The van der Waals surface area contributed by atoms with Crippen LogP contribution in [-0.4, -0.2) is 53.8 Å². The molecule has 0 aromatic heterocycles. The molecule has 0 aliphatic carbocycles. The van der Waals surface area contributed by atoms with Crippen LogP contribution in [0.2, 0.25) is 0 Å². The van der Waals surface area contributed by atoms with Gasteiger partial charge in [0.05, 0.1) is 0 Å². The van der Waals surface area contributed by atoms with Crippen molar-refractivity contribution in [3.05, 3.63) is 84.1 Å². The highest BCUT2D eigenvalue weighted by Gasteiger charge is 2.25. The summed E-state index contributed by atoms with van der Waals surface area (Å²) in [4.78, 5) is 50.5. The Morgan fingerprint density at radius 3 is 1.55 bits per heavy atom. The van der Waals surface area contributed by atoms with E-state index in [0.29, 0.717) is 12.8 Å². The van der Waals surface area contributed by atoms with E-state index in [-0.39, 0.29) is 18.9 Å². The molecule has 0 aliphatic heterocycles. The summed E-state index contributed by atoms with van der Waals surface area (Å²) in [5.74, 6) is -0.763. The molecule has 0 aliphatic rings. The maximum Gasteiger partial charge on any atom is 0.408 e. The Morgan fingerprint density at radius 1 is 0.690 bits per heavy atom. The Labute approximate surface area is 248 Å². The predicted octanol–water partition coefficient (Wildman–Crippen LogP) is 4.39. The number of hydrogen-bond donors (Lipinski definition) is 4. The van der Waals surface area contributed by atoms with E-state index in [1.54, 1.807) is 47.6 Å². The normalized spacial score (nSPS) is 13.0. The molecule has 2 aromatic rings. The van der Waals surface area contributed by atoms with Crippen molar-refractivity contribution < 1.29 is 28.7 Å². The molecule has 0 heterocycles. The summed E-state index contributed by atoms with van der Waals surface area (Å²) in [6.45, 7) is 10.8. The lowest BCUT2D eigenvalue weighted by atomic mass is 10.1. The first-order valence-electron chi connectivity index (χ1n) is 14.0. The summed E-state index contributed by atoms with van der Waals surface area (Å²) in [6, 6.07) is 17.0. The van der Waals surface area contributed by atoms with Crippen LogP contribution in [0.4, 0.5) is 9.59 Å². The van der Waals surface area contributed by atoms with Crippen molar-refractivity contribution in [1.82, 2.24) is 21.3 Å². The highest BCUT2D eigenvalue weighted by atomic mass is 16.6. The highest BCUT2D eigenvalue weighted by molar-refractivity contribution is 5.87. The van der Waals surface area contributed by atoms with E-state index in [1.807, 2.05) is 60.7 Å². The Hall–Kier alpha value is -4.34. The number of benzene rings is 2. The quantitative estimate of drug-likeness (QED) is 0.275. The fraction of sp³-hybridized carbons (Fsp3) is 0.438. The molecule has 2 aromatic carbocycles. The number of ether oxygens (including phenoxy) is 2. The van der Waals surface area contributed by atoms with Crippen LogP contribution in [0.25, 0.3) is 0 Å². The molecule has 4 amide bonds. The average Bonchev–Trinajstić information content (AvgIpc) is 2.88. The SMILES string of the molecule is CC(C)(C)OC(=O)N[C@@H](Cc1ccccc1)C(=O)N/C=C/CCNC(=O)[C@H](Cc1ccccc1)NC(=O)OC(C)(C)C. The summed E-state index contributed by atoms with van der Waals surface area (Å²) in [5.41, 5.74) is 0.368. The number of rotatable bonds is 12. The summed E-state index contributed by atoms with van der Waals surface area (Å²) in [7, 11) is 0. The molecule has 0 spiro atoms. The number of carbonyl (C=O) groups excluding carboxylic acids is 4. The summed E-state index contributed by atoms with van der Waals surface area (Å²) < 4.78 is 10.6. The zero-order valence-electron chi connectivity index (χ0n) is 25.4. The first-order valence-corrected chi connectivity index (χ1v) is 14.0. The first-order chi connectivity index (χ1) is 19.7. The van der Waals surface area contributed by atoms with Gasteiger partial charge in [0, 0.05) is 19.4 Å². The van der Waals surface area contributed by atoms with Gasteiger partial charge in [0.1, 0.15) is 23.3 Å². The van der Waals surface area contributed by atoms with E-state index < -0.39 is 41.4 Å². The van der Waals surface area contributed by atoms with Crippen LogP contribution in [0.5, 0.6) is 0 Å². The Kier molecular flexibility index (Phi) is 13.1. The van der Waals surface area contributed by atoms with E-state index >= 15 is 0 Å². The standard InChI is InChI=1S/C32H44N4O6/c1-31(2,3)41-29(39)35-25(21-23-15-9-7-10-16-23)27(37)33-19-13-14-20-34-28(38)26(22-24-17-11-8-12-18-24)36-30(40)42-32(4,5)6/h7-13,15-19,25-26H,14,20-22H2,1-6H3,(H,33,37)(H,34,38)(H,35,39)(H,36,40)/b19-13+/t25-,26-/m0/s1. The van der Waals surface area contributed by atoms with Crippen LogP contribution >= 0.6 is 0 Å². The molecule has 0 radical (unpaired) electrons. The molecule has 228 valence electrons. The molecule has 0 bridgehead atoms. The second kappa shape index (κ2) is 16.2. The molecule has 2 atom stereocenters. The van der Waals surface area contributed by atoms with Gasteiger partial charge >= 0.3 is 12.2 Å². The summed E-state index contributed by atoms with van der Waals surface area (Å²) >= 11 is 0. The predicted molar refractivity (Wildman–Crippen MR) is 162 cm³/mol. The number of nitrogens with one attached hydrogen (secondary N) is 4. The van der Waals surface area contributed by atoms with E-state index in [4.69, 9.17) is 9.47 Å². The number of alkyl carbamates (subject to hydrolysis) is 2. The van der Waals surface area contributed by atoms with Gasteiger partial charge in [-0.25, -0.2) is 9.59 Å². The lowest BCUT2D eigenvalue weighted by Crippen LogP contribution is -2.49. The topological polar surface area (TPSA) is 135 Å². The molecule has 10 heteroatoms. The molecular formula is C32H44N4O6. The Morgan fingerprint density at radius 2 is 1.12 bits per heavy atom. The zero-order chi connectivity index (χ0) is 31.2. The minimum atomic E-state index is -0.857. The number of hydrogen-bond acceptors (Lipinski definition) is 6. The molecule has 10 nitrogen and oxygen atoms in total. The zero-order valence-corrected chi connectivity index (χ0v) is 25.4. The van der Waals surface area contributed by atoms with E-state index in [1.165, 1.54) is 6.20 Å². The van der Waals surface area contributed by atoms with Gasteiger partial charge in [0.2, 0.25) is 11.8 Å². The number of amides is 4. The molecule has 0 unspecified atom stereocenters. The van der Waals surface area contributed by atoms with Crippen LogP contribution in [-0.2, 0) is 31.9 Å². The van der Waals surface area contributed by atoms with Crippen molar-refractivity contribution in [3.63, 3.8) is 0 Å². The molecule has 0 saturated carbocycles. The minimum absolute atomic E-state index is 0.274.